The van der Waals surface area contributed by atoms with Crippen LogP contribution < -0.4 is 5.32 Å². The average Bonchev–Trinajstić information content (AvgIpc) is 3.37. The summed E-state index contributed by atoms with van der Waals surface area (Å²) in [6.07, 6.45) is 3.18. The van der Waals surface area contributed by atoms with Crippen LogP contribution in [0.3, 0.4) is 0 Å². The summed E-state index contributed by atoms with van der Waals surface area (Å²) in [5.74, 6) is 0.340. The van der Waals surface area contributed by atoms with E-state index in [9.17, 15) is 14.9 Å². The Bertz CT molecular complexity index is 1320. The standard InChI is InChI=1S/C22H19N5O4/c1-12-5-7-18-16(9-12)17-11-13(6-8-19(17)23-18)20(28)24-22-26-25-21(31-22)14-3-2-4-15(10-14)27(29)30/h2-4,6,8,10-12,23H,5,7,9H2,1H3,(H,24,26,28)/t12-/m0/s1. The van der Waals surface area contributed by atoms with Crippen molar-refractivity contribution in [2.75, 3.05) is 5.32 Å². The Morgan fingerprint density at radius 1 is 1.26 bits per heavy atom. The lowest BCUT2D eigenvalue weighted by molar-refractivity contribution is -0.384. The SMILES string of the molecule is C[C@H]1CCc2[nH]c3ccc(C(=O)Nc4nnc(-c5cccc([N+](=O)[O-])c5)o4)cc3c2C1. The third-order valence-corrected chi connectivity index (χ3v) is 5.65. The van der Waals surface area contributed by atoms with Gasteiger partial charge in [-0.15, -0.1) is 5.10 Å². The van der Waals surface area contributed by atoms with Gasteiger partial charge in [-0.3, -0.25) is 20.2 Å². The molecule has 9 heteroatoms. The van der Waals surface area contributed by atoms with Gasteiger partial charge in [-0.05, 0) is 55.0 Å². The minimum Gasteiger partial charge on any atom is -0.403 e. The van der Waals surface area contributed by atoms with E-state index >= 15 is 0 Å². The van der Waals surface area contributed by atoms with Crippen LogP contribution in [-0.4, -0.2) is 26.0 Å². The number of nitrogens with one attached hydrogen (secondary N) is 2. The van der Waals surface area contributed by atoms with Crippen LogP contribution in [-0.2, 0) is 12.8 Å². The number of anilines is 1. The van der Waals surface area contributed by atoms with Crippen LogP contribution in [0.5, 0.6) is 0 Å². The maximum absolute atomic E-state index is 12.8. The summed E-state index contributed by atoms with van der Waals surface area (Å²) in [5.41, 5.74) is 4.37. The monoisotopic (exact) mass is 417 g/mol. The first-order valence-corrected chi connectivity index (χ1v) is 10.0. The number of non-ortho nitro benzene ring substituents is 1. The molecule has 4 aromatic rings. The van der Waals surface area contributed by atoms with Gasteiger partial charge >= 0.3 is 6.01 Å². The summed E-state index contributed by atoms with van der Waals surface area (Å²) in [7, 11) is 0. The highest BCUT2D eigenvalue weighted by molar-refractivity contribution is 6.05. The fraction of sp³-hybridized carbons (Fsp3) is 0.227. The maximum Gasteiger partial charge on any atom is 0.322 e. The second-order valence-electron chi connectivity index (χ2n) is 7.86. The number of aromatic nitrogens is 3. The molecule has 1 aliphatic rings. The largest absolute Gasteiger partial charge is 0.403 e. The molecule has 2 N–H and O–H groups in total. The molecule has 1 atom stereocenters. The summed E-state index contributed by atoms with van der Waals surface area (Å²) in [6.45, 7) is 2.24. The lowest BCUT2D eigenvalue weighted by atomic mass is 9.87. The molecule has 0 saturated carbocycles. The van der Waals surface area contributed by atoms with Crippen LogP contribution >= 0.6 is 0 Å². The quantitative estimate of drug-likeness (QED) is 0.372. The fourth-order valence-corrected chi connectivity index (χ4v) is 4.04. The van der Waals surface area contributed by atoms with E-state index < -0.39 is 4.92 Å². The first-order valence-electron chi connectivity index (χ1n) is 10.0. The lowest BCUT2D eigenvalue weighted by Gasteiger charge is -2.18. The van der Waals surface area contributed by atoms with Gasteiger partial charge in [-0.2, -0.15) is 0 Å². The highest BCUT2D eigenvalue weighted by Crippen LogP contribution is 2.32. The Balaban J connectivity index is 1.38. The molecule has 0 spiro atoms. The average molecular weight is 417 g/mol. The van der Waals surface area contributed by atoms with E-state index in [1.54, 1.807) is 12.1 Å². The van der Waals surface area contributed by atoms with Gasteiger partial charge in [-0.1, -0.05) is 18.1 Å². The number of H-pyrrole nitrogens is 1. The number of carbonyl (C=O) groups is 1. The van der Waals surface area contributed by atoms with Gasteiger partial charge in [0.25, 0.3) is 11.6 Å². The predicted octanol–water partition coefficient (Wildman–Crippen LogP) is 4.50. The Kier molecular flexibility index (Phi) is 4.50. The van der Waals surface area contributed by atoms with Crippen molar-refractivity contribution in [3.05, 3.63) is 69.4 Å². The molecule has 0 unspecified atom stereocenters. The van der Waals surface area contributed by atoms with Crippen LogP contribution in [0, 0.1) is 16.0 Å². The highest BCUT2D eigenvalue weighted by Gasteiger charge is 2.21. The molecule has 5 rings (SSSR count). The molecule has 156 valence electrons. The van der Waals surface area contributed by atoms with Crippen molar-refractivity contribution in [3.8, 4) is 11.5 Å². The van der Waals surface area contributed by atoms with Crippen LogP contribution in [0.1, 0.15) is 35.0 Å². The number of benzene rings is 2. The Hall–Kier alpha value is -4.01. The summed E-state index contributed by atoms with van der Waals surface area (Å²) in [4.78, 5) is 26.7. The summed E-state index contributed by atoms with van der Waals surface area (Å²) in [5, 5.41) is 22.4. The molecular weight excluding hydrogens is 398 g/mol. The first-order chi connectivity index (χ1) is 15.0. The lowest BCUT2D eigenvalue weighted by Crippen LogP contribution is -2.12. The maximum atomic E-state index is 12.8. The van der Waals surface area contributed by atoms with Crippen LogP contribution in [0.4, 0.5) is 11.7 Å². The topological polar surface area (TPSA) is 127 Å². The van der Waals surface area contributed by atoms with Crippen molar-refractivity contribution in [1.82, 2.24) is 15.2 Å². The van der Waals surface area contributed by atoms with E-state index in [0.717, 1.165) is 30.2 Å². The Labute approximate surface area is 176 Å². The molecule has 1 aliphatic carbocycles. The van der Waals surface area contributed by atoms with Gasteiger partial charge in [0.05, 0.1) is 4.92 Å². The van der Waals surface area contributed by atoms with Crippen molar-refractivity contribution in [2.24, 2.45) is 5.92 Å². The second kappa shape index (κ2) is 7.35. The predicted molar refractivity (Wildman–Crippen MR) is 114 cm³/mol. The number of amides is 1. The van der Waals surface area contributed by atoms with E-state index in [0.29, 0.717) is 17.0 Å². The van der Waals surface area contributed by atoms with Crippen LogP contribution in [0.25, 0.3) is 22.4 Å². The number of nitro groups is 1. The van der Waals surface area contributed by atoms with Gasteiger partial charge in [0.15, 0.2) is 0 Å². The zero-order chi connectivity index (χ0) is 21.5. The van der Waals surface area contributed by atoms with Gasteiger partial charge in [0, 0.05) is 39.9 Å². The molecule has 2 aromatic carbocycles. The number of carbonyl (C=O) groups excluding carboxylic acids is 1. The second-order valence-corrected chi connectivity index (χ2v) is 7.86. The molecular formula is C22H19N5O4. The third kappa shape index (κ3) is 3.54. The van der Waals surface area contributed by atoms with Gasteiger partial charge in [0.2, 0.25) is 5.89 Å². The van der Waals surface area contributed by atoms with Crippen molar-refractivity contribution < 1.29 is 14.1 Å². The molecule has 1 amide bonds. The highest BCUT2D eigenvalue weighted by atomic mass is 16.6. The summed E-state index contributed by atoms with van der Waals surface area (Å²) < 4.78 is 5.49. The van der Waals surface area contributed by atoms with E-state index in [1.807, 2.05) is 12.1 Å². The minimum absolute atomic E-state index is 0.0728. The zero-order valence-corrected chi connectivity index (χ0v) is 16.7. The first kappa shape index (κ1) is 19.0. The molecule has 9 nitrogen and oxygen atoms in total. The van der Waals surface area contributed by atoms with Crippen molar-refractivity contribution in [3.63, 3.8) is 0 Å². The molecule has 0 saturated heterocycles. The molecule has 0 radical (unpaired) electrons. The molecule has 0 fully saturated rings. The zero-order valence-electron chi connectivity index (χ0n) is 16.7. The van der Waals surface area contributed by atoms with E-state index in [2.05, 4.69) is 27.4 Å². The minimum atomic E-state index is -0.501. The fourth-order valence-electron chi connectivity index (χ4n) is 4.04. The van der Waals surface area contributed by atoms with E-state index in [1.165, 1.54) is 29.5 Å². The van der Waals surface area contributed by atoms with Crippen LogP contribution in [0.15, 0.2) is 46.9 Å². The van der Waals surface area contributed by atoms with Gasteiger partial charge < -0.3 is 9.40 Å². The molecule has 0 aliphatic heterocycles. The van der Waals surface area contributed by atoms with Crippen molar-refractivity contribution in [1.29, 1.82) is 0 Å². The number of rotatable bonds is 4. The molecule has 2 aromatic heterocycles. The Morgan fingerprint density at radius 3 is 2.97 bits per heavy atom. The van der Waals surface area contributed by atoms with Gasteiger partial charge in [0.1, 0.15) is 0 Å². The number of aryl methyl sites for hydroxylation is 1. The number of aromatic amines is 1. The summed E-state index contributed by atoms with van der Waals surface area (Å²) >= 11 is 0. The van der Waals surface area contributed by atoms with Gasteiger partial charge in [-0.25, -0.2) is 0 Å². The smallest absolute Gasteiger partial charge is 0.322 e. The number of hydrogen-bond acceptors (Lipinski definition) is 6. The molecule has 0 bridgehead atoms. The number of nitrogens with zero attached hydrogens (tertiary/aromatic N) is 3. The van der Waals surface area contributed by atoms with Crippen molar-refractivity contribution in [2.45, 2.75) is 26.2 Å². The number of hydrogen-bond donors (Lipinski definition) is 2. The van der Waals surface area contributed by atoms with Crippen LogP contribution in [0.2, 0.25) is 0 Å². The van der Waals surface area contributed by atoms with Crippen molar-refractivity contribution >= 4 is 28.5 Å². The Morgan fingerprint density at radius 2 is 2.13 bits per heavy atom. The molecule has 2 heterocycles. The normalized spacial score (nSPS) is 15.6. The number of nitro benzene ring substituents is 1. The van der Waals surface area contributed by atoms with E-state index in [4.69, 9.17) is 4.42 Å². The molecule has 31 heavy (non-hydrogen) atoms. The third-order valence-electron chi connectivity index (χ3n) is 5.65. The number of fused-ring (bicyclic) bond motifs is 3. The summed E-state index contributed by atoms with van der Waals surface area (Å²) in [6, 6.07) is 11.3. The van der Waals surface area contributed by atoms with E-state index in [-0.39, 0.29) is 23.5 Å².